The SMILES string of the molecule is COc1c(C)cc(Cl)cc1C(=O)C(CN)C(C)C. The van der Waals surface area contributed by atoms with E-state index >= 15 is 0 Å². The van der Waals surface area contributed by atoms with Gasteiger partial charge in [0, 0.05) is 17.5 Å². The fourth-order valence-corrected chi connectivity index (χ4v) is 2.34. The summed E-state index contributed by atoms with van der Waals surface area (Å²) in [5.41, 5.74) is 7.06. The van der Waals surface area contributed by atoms with E-state index in [9.17, 15) is 4.79 Å². The number of hydrogen-bond acceptors (Lipinski definition) is 3. The molecule has 1 rings (SSSR count). The highest BCUT2D eigenvalue weighted by molar-refractivity contribution is 6.31. The average molecular weight is 270 g/mol. The second kappa shape index (κ2) is 6.21. The number of halogens is 1. The van der Waals surface area contributed by atoms with Crippen LogP contribution >= 0.6 is 11.6 Å². The number of nitrogens with two attached hydrogens (primary N) is 1. The molecule has 1 unspecified atom stereocenters. The number of benzene rings is 1. The Balaban J connectivity index is 3.27. The maximum absolute atomic E-state index is 12.5. The number of Topliss-reactive ketones (excluding diaryl/α,β-unsaturated/α-hetero) is 1. The third-order valence-corrected chi connectivity index (χ3v) is 3.32. The number of hydrogen-bond donors (Lipinski definition) is 1. The predicted octanol–water partition coefficient (Wildman–Crippen LogP) is 3.07. The van der Waals surface area contributed by atoms with E-state index in [2.05, 4.69) is 0 Å². The average Bonchev–Trinajstić information content (AvgIpc) is 2.28. The molecule has 0 saturated heterocycles. The highest BCUT2D eigenvalue weighted by Crippen LogP contribution is 2.30. The summed E-state index contributed by atoms with van der Waals surface area (Å²) in [5.74, 6) is 0.557. The van der Waals surface area contributed by atoms with Gasteiger partial charge in [-0.3, -0.25) is 4.79 Å². The van der Waals surface area contributed by atoms with E-state index in [0.29, 0.717) is 22.9 Å². The van der Waals surface area contributed by atoms with Crippen LogP contribution in [0.5, 0.6) is 5.75 Å². The Morgan fingerprint density at radius 2 is 2.06 bits per heavy atom. The molecule has 0 aromatic heterocycles. The maximum atomic E-state index is 12.5. The van der Waals surface area contributed by atoms with Crippen molar-refractivity contribution in [3.05, 3.63) is 28.3 Å². The van der Waals surface area contributed by atoms with Crippen LogP contribution < -0.4 is 10.5 Å². The van der Waals surface area contributed by atoms with E-state index in [-0.39, 0.29) is 17.6 Å². The molecule has 0 aliphatic carbocycles. The molecule has 1 aromatic rings. The standard InChI is InChI=1S/C14H20ClNO2/c1-8(2)12(7-16)13(17)11-6-10(15)5-9(3)14(11)18-4/h5-6,8,12H,7,16H2,1-4H3. The molecule has 0 amide bonds. The molecule has 2 N–H and O–H groups in total. The number of rotatable bonds is 5. The number of aryl methyl sites for hydroxylation is 1. The van der Waals surface area contributed by atoms with E-state index in [1.165, 1.54) is 0 Å². The largest absolute Gasteiger partial charge is 0.496 e. The third kappa shape index (κ3) is 3.03. The predicted molar refractivity (Wildman–Crippen MR) is 74.5 cm³/mol. The van der Waals surface area contributed by atoms with Gasteiger partial charge in [0.05, 0.1) is 12.7 Å². The van der Waals surface area contributed by atoms with E-state index in [1.807, 2.05) is 20.8 Å². The Hall–Kier alpha value is -1.06. The van der Waals surface area contributed by atoms with Crippen molar-refractivity contribution in [1.82, 2.24) is 0 Å². The minimum absolute atomic E-state index is 0.00468. The summed E-state index contributed by atoms with van der Waals surface area (Å²) in [7, 11) is 1.56. The molecule has 18 heavy (non-hydrogen) atoms. The summed E-state index contributed by atoms with van der Waals surface area (Å²) in [4.78, 5) is 12.5. The van der Waals surface area contributed by atoms with Crippen LogP contribution in [-0.4, -0.2) is 19.4 Å². The number of ketones is 1. The lowest BCUT2D eigenvalue weighted by Crippen LogP contribution is -2.28. The van der Waals surface area contributed by atoms with Crippen LogP contribution in [0.15, 0.2) is 12.1 Å². The first-order chi connectivity index (χ1) is 8.42. The van der Waals surface area contributed by atoms with E-state index in [1.54, 1.807) is 19.2 Å². The molecule has 0 radical (unpaired) electrons. The second-order valence-corrected chi connectivity index (χ2v) is 5.19. The van der Waals surface area contributed by atoms with E-state index < -0.39 is 0 Å². The van der Waals surface area contributed by atoms with Gasteiger partial charge in [0.25, 0.3) is 0 Å². The minimum atomic E-state index is -0.211. The van der Waals surface area contributed by atoms with Crippen molar-refractivity contribution in [3.8, 4) is 5.75 Å². The van der Waals surface area contributed by atoms with Crippen LogP contribution in [0.3, 0.4) is 0 Å². The van der Waals surface area contributed by atoms with Crippen molar-refractivity contribution in [2.24, 2.45) is 17.6 Å². The van der Waals surface area contributed by atoms with Crippen LogP contribution in [-0.2, 0) is 0 Å². The van der Waals surface area contributed by atoms with Crippen LogP contribution in [0.2, 0.25) is 5.02 Å². The second-order valence-electron chi connectivity index (χ2n) is 4.75. The Morgan fingerprint density at radius 3 is 2.50 bits per heavy atom. The Bertz CT molecular complexity index is 444. The minimum Gasteiger partial charge on any atom is -0.496 e. The van der Waals surface area contributed by atoms with Gasteiger partial charge in [-0.15, -0.1) is 0 Å². The van der Waals surface area contributed by atoms with Gasteiger partial charge in [0.2, 0.25) is 0 Å². The summed E-state index contributed by atoms with van der Waals surface area (Å²) in [5, 5.41) is 0.538. The van der Waals surface area contributed by atoms with Gasteiger partial charge in [-0.1, -0.05) is 25.4 Å². The zero-order valence-electron chi connectivity index (χ0n) is 11.3. The molecule has 0 spiro atoms. The first-order valence-electron chi connectivity index (χ1n) is 6.00. The van der Waals surface area contributed by atoms with Gasteiger partial charge in [0.1, 0.15) is 5.75 Å². The lowest BCUT2D eigenvalue weighted by atomic mass is 9.87. The lowest BCUT2D eigenvalue weighted by molar-refractivity contribution is 0.0889. The topological polar surface area (TPSA) is 52.3 Å². The highest BCUT2D eigenvalue weighted by Gasteiger charge is 2.25. The molecular formula is C14H20ClNO2. The summed E-state index contributed by atoms with van der Waals surface area (Å²) >= 11 is 6.01. The Labute approximate surface area is 113 Å². The van der Waals surface area contributed by atoms with Crippen molar-refractivity contribution in [3.63, 3.8) is 0 Å². The van der Waals surface area contributed by atoms with Gasteiger partial charge in [-0.25, -0.2) is 0 Å². The van der Waals surface area contributed by atoms with Crippen LogP contribution in [0.1, 0.15) is 29.8 Å². The van der Waals surface area contributed by atoms with Crippen LogP contribution in [0.4, 0.5) is 0 Å². The van der Waals surface area contributed by atoms with Crippen molar-refractivity contribution >= 4 is 17.4 Å². The van der Waals surface area contributed by atoms with Crippen molar-refractivity contribution in [2.45, 2.75) is 20.8 Å². The number of methoxy groups -OCH3 is 1. The molecule has 4 heteroatoms. The molecule has 0 fully saturated rings. The summed E-state index contributed by atoms with van der Waals surface area (Å²) in [6.45, 7) is 6.16. The van der Waals surface area contributed by atoms with Gasteiger partial charge in [0.15, 0.2) is 5.78 Å². The Kier molecular flexibility index (Phi) is 5.17. The van der Waals surface area contributed by atoms with Crippen LogP contribution in [0, 0.1) is 18.8 Å². The number of carbonyl (C=O) groups is 1. The maximum Gasteiger partial charge on any atom is 0.171 e. The van der Waals surface area contributed by atoms with Crippen molar-refractivity contribution in [2.75, 3.05) is 13.7 Å². The fourth-order valence-electron chi connectivity index (χ4n) is 2.07. The molecule has 1 aromatic carbocycles. The van der Waals surface area contributed by atoms with E-state index in [0.717, 1.165) is 5.56 Å². The number of ether oxygens (including phenoxy) is 1. The van der Waals surface area contributed by atoms with Gasteiger partial charge < -0.3 is 10.5 Å². The summed E-state index contributed by atoms with van der Waals surface area (Å²) in [6, 6.07) is 3.44. The fraction of sp³-hybridized carbons (Fsp3) is 0.500. The molecule has 0 aliphatic rings. The van der Waals surface area contributed by atoms with Crippen molar-refractivity contribution in [1.29, 1.82) is 0 Å². The lowest BCUT2D eigenvalue weighted by Gasteiger charge is -2.20. The van der Waals surface area contributed by atoms with Gasteiger partial charge in [-0.2, -0.15) is 0 Å². The van der Waals surface area contributed by atoms with Gasteiger partial charge >= 0.3 is 0 Å². The zero-order chi connectivity index (χ0) is 13.9. The van der Waals surface area contributed by atoms with Gasteiger partial charge in [-0.05, 0) is 30.5 Å². The molecule has 100 valence electrons. The molecular weight excluding hydrogens is 250 g/mol. The normalized spacial score (nSPS) is 12.6. The first-order valence-corrected chi connectivity index (χ1v) is 6.38. The van der Waals surface area contributed by atoms with Crippen LogP contribution in [0.25, 0.3) is 0 Å². The zero-order valence-corrected chi connectivity index (χ0v) is 12.0. The monoisotopic (exact) mass is 269 g/mol. The smallest absolute Gasteiger partial charge is 0.171 e. The Morgan fingerprint density at radius 1 is 1.44 bits per heavy atom. The molecule has 1 atom stereocenters. The molecule has 3 nitrogen and oxygen atoms in total. The molecule has 0 aliphatic heterocycles. The highest BCUT2D eigenvalue weighted by atomic mass is 35.5. The van der Waals surface area contributed by atoms with E-state index in [4.69, 9.17) is 22.1 Å². The summed E-state index contributed by atoms with van der Waals surface area (Å²) in [6.07, 6.45) is 0. The van der Waals surface area contributed by atoms with Crippen molar-refractivity contribution < 1.29 is 9.53 Å². The molecule has 0 bridgehead atoms. The number of carbonyl (C=O) groups excluding carboxylic acids is 1. The molecule has 0 heterocycles. The summed E-state index contributed by atoms with van der Waals surface area (Å²) < 4.78 is 5.31. The first kappa shape index (κ1) is 15.0. The third-order valence-electron chi connectivity index (χ3n) is 3.10. The quantitative estimate of drug-likeness (QED) is 0.836. The molecule has 0 saturated carbocycles.